The summed E-state index contributed by atoms with van der Waals surface area (Å²) in [6, 6.07) is 6.75. The van der Waals surface area contributed by atoms with Crippen molar-refractivity contribution in [2.24, 2.45) is 5.73 Å². The average Bonchev–Trinajstić information content (AvgIpc) is 2.89. The van der Waals surface area contributed by atoms with Gasteiger partial charge in [-0.25, -0.2) is 9.37 Å². The number of rotatable bonds is 2. The molecule has 0 spiro atoms. The van der Waals surface area contributed by atoms with Gasteiger partial charge in [0.05, 0.1) is 11.9 Å². The van der Waals surface area contributed by atoms with Crippen LogP contribution in [0.3, 0.4) is 0 Å². The molecule has 1 fully saturated rings. The van der Waals surface area contributed by atoms with Crippen LogP contribution in [-0.2, 0) is 0 Å². The molecule has 2 aromatic rings. The molecule has 1 heterocycles. The zero-order valence-corrected chi connectivity index (χ0v) is 10.8. The van der Waals surface area contributed by atoms with Crippen LogP contribution in [0.4, 0.5) is 4.39 Å². The summed E-state index contributed by atoms with van der Waals surface area (Å²) in [5.74, 6) is 1.22. The molecule has 100 valence electrons. The Morgan fingerprint density at radius 2 is 2.00 bits per heavy atom. The lowest BCUT2D eigenvalue weighted by Gasteiger charge is -2.24. The summed E-state index contributed by atoms with van der Waals surface area (Å²) in [6.07, 6.45) is 6.24. The van der Waals surface area contributed by atoms with Crippen LogP contribution in [0.15, 0.2) is 30.5 Å². The maximum absolute atomic E-state index is 12.9. The Morgan fingerprint density at radius 1 is 1.21 bits per heavy atom. The molecule has 0 amide bonds. The number of nitrogens with one attached hydrogen (secondary N) is 1. The third kappa shape index (κ3) is 2.68. The Bertz CT molecular complexity index is 547. The van der Waals surface area contributed by atoms with E-state index in [1.54, 1.807) is 12.1 Å². The number of aromatic nitrogens is 2. The number of benzene rings is 1. The normalized spacial score (nSPS) is 23.5. The van der Waals surface area contributed by atoms with E-state index >= 15 is 0 Å². The van der Waals surface area contributed by atoms with Crippen molar-refractivity contribution in [1.82, 2.24) is 9.97 Å². The van der Waals surface area contributed by atoms with E-state index < -0.39 is 0 Å². The predicted molar refractivity (Wildman–Crippen MR) is 73.2 cm³/mol. The van der Waals surface area contributed by atoms with Gasteiger partial charge in [-0.3, -0.25) is 0 Å². The Morgan fingerprint density at radius 3 is 2.74 bits per heavy atom. The van der Waals surface area contributed by atoms with E-state index in [4.69, 9.17) is 5.73 Å². The molecule has 2 unspecified atom stereocenters. The first kappa shape index (κ1) is 12.4. The second kappa shape index (κ2) is 5.13. The highest BCUT2D eigenvalue weighted by molar-refractivity contribution is 5.58. The standard InChI is InChI=1S/C15H18FN3/c16-12-6-4-10(5-7-12)14-9-18-15(19-14)11-2-1-3-13(17)8-11/h4-7,9,11,13H,1-3,8,17H2,(H,18,19). The molecular formula is C15H18FN3. The van der Waals surface area contributed by atoms with Gasteiger partial charge in [-0.15, -0.1) is 0 Å². The van der Waals surface area contributed by atoms with Gasteiger partial charge in [0.15, 0.2) is 0 Å². The van der Waals surface area contributed by atoms with Gasteiger partial charge in [0.1, 0.15) is 11.6 Å². The molecule has 1 saturated carbocycles. The summed E-state index contributed by atoms with van der Waals surface area (Å²) in [4.78, 5) is 7.82. The Hall–Kier alpha value is -1.68. The third-order valence-electron chi connectivity index (χ3n) is 3.85. The number of aromatic amines is 1. The second-order valence-corrected chi connectivity index (χ2v) is 5.31. The summed E-state index contributed by atoms with van der Waals surface area (Å²) in [6.45, 7) is 0. The summed E-state index contributed by atoms with van der Waals surface area (Å²) >= 11 is 0. The van der Waals surface area contributed by atoms with Gasteiger partial charge in [-0.1, -0.05) is 6.42 Å². The predicted octanol–water partition coefficient (Wildman–Crippen LogP) is 3.20. The van der Waals surface area contributed by atoms with Gasteiger partial charge in [0.25, 0.3) is 0 Å². The van der Waals surface area contributed by atoms with E-state index in [1.165, 1.54) is 18.6 Å². The maximum Gasteiger partial charge on any atom is 0.123 e. The first-order chi connectivity index (χ1) is 9.22. The van der Waals surface area contributed by atoms with Crippen molar-refractivity contribution >= 4 is 0 Å². The molecule has 4 heteroatoms. The van der Waals surface area contributed by atoms with E-state index in [0.29, 0.717) is 5.92 Å². The molecule has 2 atom stereocenters. The number of H-pyrrole nitrogens is 1. The number of nitrogens with two attached hydrogens (primary N) is 1. The van der Waals surface area contributed by atoms with Crippen LogP contribution >= 0.6 is 0 Å². The van der Waals surface area contributed by atoms with Crippen molar-refractivity contribution in [1.29, 1.82) is 0 Å². The minimum Gasteiger partial charge on any atom is -0.342 e. The fourth-order valence-corrected chi connectivity index (χ4v) is 2.80. The first-order valence-electron chi connectivity index (χ1n) is 6.79. The van der Waals surface area contributed by atoms with Crippen molar-refractivity contribution < 1.29 is 4.39 Å². The zero-order chi connectivity index (χ0) is 13.2. The fraction of sp³-hybridized carbons (Fsp3) is 0.400. The minimum atomic E-state index is -0.221. The number of hydrogen-bond donors (Lipinski definition) is 2. The third-order valence-corrected chi connectivity index (χ3v) is 3.85. The van der Waals surface area contributed by atoms with Crippen LogP contribution in [0.1, 0.15) is 37.4 Å². The minimum absolute atomic E-state index is 0.221. The fourth-order valence-electron chi connectivity index (χ4n) is 2.80. The SMILES string of the molecule is NC1CCCC(c2ncc(-c3ccc(F)cc3)[nH]2)C1. The van der Waals surface area contributed by atoms with Gasteiger partial charge < -0.3 is 10.7 Å². The molecule has 0 bridgehead atoms. The molecule has 3 rings (SSSR count). The Kier molecular flexibility index (Phi) is 3.34. The van der Waals surface area contributed by atoms with Gasteiger partial charge >= 0.3 is 0 Å². The molecule has 1 aromatic heterocycles. The monoisotopic (exact) mass is 259 g/mol. The van der Waals surface area contributed by atoms with Gasteiger partial charge in [0, 0.05) is 12.0 Å². The lowest BCUT2D eigenvalue weighted by molar-refractivity contribution is 0.383. The molecule has 0 saturated heterocycles. The van der Waals surface area contributed by atoms with Crippen molar-refractivity contribution in [2.45, 2.75) is 37.6 Å². The van der Waals surface area contributed by atoms with Crippen LogP contribution in [0.2, 0.25) is 0 Å². The Balaban J connectivity index is 1.81. The summed E-state index contributed by atoms with van der Waals surface area (Å²) < 4.78 is 12.9. The molecule has 1 aliphatic carbocycles. The van der Waals surface area contributed by atoms with Gasteiger partial charge in [-0.05, 0) is 49.1 Å². The topological polar surface area (TPSA) is 54.7 Å². The lowest BCUT2D eigenvalue weighted by atomic mass is 9.86. The highest BCUT2D eigenvalue weighted by Crippen LogP contribution is 2.31. The molecule has 3 N–H and O–H groups in total. The number of imidazole rings is 1. The van der Waals surface area contributed by atoms with E-state index in [-0.39, 0.29) is 11.9 Å². The van der Waals surface area contributed by atoms with Crippen LogP contribution in [0.5, 0.6) is 0 Å². The molecule has 3 nitrogen and oxygen atoms in total. The lowest BCUT2D eigenvalue weighted by Crippen LogP contribution is -2.27. The van der Waals surface area contributed by atoms with Crippen LogP contribution < -0.4 is 5.73 Å². The van der Waals surface area contributed by atoms with E-state index in [2.05, 4.69) is 9.97 Å². The first-order valence-corrected chi connectivity index (χ1v) is 6.79. The van der Waals surface area contributed by atoms with E-state index in [1.807, 2.05) is 6.20 Å². The molecular weight excluding hydrogens is 241 g/mol. The summed E-state index contributed by atoms with van der Waals surface area (Å²) in [7, 11) is 0. The van der Waals surface area contributed by atoms with Crippen LogP contribution in [0.25, 0.3) is 11.3 Å². The molecule has 1 aliphatic rings. The number of halogens is 1. The van der Waals surface area contributed by atoms with E-state index in [0.717, 1.165) is 36.3 Å². The van der Waals surface area contributed by atoms with Crippen molar-refractivity contribution in [3.05, 3.63) is 42.1 Å². The molecule has 19 heavy (non-hydrogen) atoms. The largest absolute Gasteiger partial charge is 0.342 e. The smallest absolute Gasteiger partial charge is 0.123 e. The Labute approximate surface area is 112 Å². The summed E-state index contributed by atoms with van der Waals surface area (Å²) in [5.41, 5.74) is 7.91. The zero-order valence-electron chi connectivity index (χ0n) is 10.8. The van der Waals surface area contributed by atoms with Crippen molar-refractivity contribution in [2.75, 3.05) is 0 Å². The van der Waals surface area contributed by atoms with Crippen LogP contribution in [-0.4, -0.2) is 16.0 Å². The van der Waals surface area contributed by atoms with Crippen LogP contribution in [0, 0.1) is 5.82 Å². The highest BCUT2D eigenvalue weighted by atomic mass is 19.1. The summed E-state index contributed by atoms with van der Waals surface area (Å²) in [5, 5.41) is 0. The number of nitrogens with zero attached hydrogens (tertiary/aromatic N) is 1. The molecule has 0 aliphatic heterocycles. The van der Waals surface area contributed by atoms with Gasteiger partial charge in [0.2, 0.25) is 0 Å². The average molecular weight is 259 g/mol. The van der Waals surface area contributed by atoms with Crippen molar-refractivity contribution in [3.8, 4) is 11.3 Å². The molecule has 1 aromatic carbocycles. The highest BCUT2D eigenvalue weighted by Gasteiger charge is 2.23. The van der Waals surface area contributed by atoms with E-state index in [9.17, 15) is 4.39 Å². The quantitative estimate of drug-likeness (QED) is 0.870. The maximum atomic E-state index is 12.9. The number of hydrogen-bond acceptors (Lipinski definition) is 2. The van der Waals surface area contributed by atoms with Gasteiger partial charge in [-0.2, -0.15) is 0 Å². The second-order valence-electron chi connectivity index (χ2n) is 5.31. The molecule has 0 radical (unpaired) electrons. The van der Waals surface area contributed by atoms with Crippen molar-refractivity contribution in [3.63, 3.8) is 0 Å².